The van der Waals surface area contributed by atoms with Gasteiger partial charge in [0.2, 0.25) is 17.2 Å². The quantitative estimate of drug-likeness (QED) is 0.0385. The Bertz CT molecular complexity index is 2440. The van der Waals surface area contributed by atoms with Gasteiger partial charge in [-0.1, -0.05) is 71.0 Å². The summed E-state index contributed by atoms with van der Waals surface area (Å²) in [5.74, 6) is 18.2. The molecule has 4 fully saturated rings. The monoisotopic (exact) mass is 1290 g/mol. The first-order valence-electron chi connectivity index (χ1n) is 28.0. The summed E-state index contributed by atoms with van der Waals surface area (Å²) in [5.41, 5.74) is 3.72. The van der Waals surface area contributed by atoms with Gasteiger partial charge in [-0.15, -0.1) is 5.92 Å². The Kier molecular flexibility index (Phi) is 38.7. The number of amides is 1. The van der Waals surface area contributed by atoms with Gasteiger partial charge in [0.1, 0.15) is 18.3 Å². The smallest absolute Gasteiger partial charge is 0.411 e. The zero-order valence-electron chi connectivity index (χ0n) is 52.1. The summed E-state index contributed by atoms with van der Waals surface area (Å²) in [7, 11) is 13.3. The van der Waals surface area contributed by atoms with Gasteiger partial charge < -0.3 is 83.3 Å². The number of thioether (sulfide) groups is 1. The van der Waals surface area contributed by atoms with Crippen LogP contribution in [0.2, 0.25) is 0 Å². The van der Waals surface area contributed by atoms with Gasteiger partial charge in [-0.3, -0.25) is 19.7 Å². The van der Waals surface area contributed by atoms with E-state index in [1.807, 2.05) is 34.0 Å². The molecule has 0 saturated carbocycles. The summed E-state index contributed by atoms with van der Waals surface area (Å²) < 4.78 is 54.0. The molecule has 0 radical (unpaired) electrons. The van der Waals surface area contributed by atoms with Crippen LogP contribution in [0, 0.1) is 43.4 Å². The highest BCUT2D eigenvalue weighted by atomic mass is 33.5. The highest BCUT2D eigenvalue weighted by molar-refractivity contribution is 9.09. The number of ketones is 1. The van der Waals surface area contributed by atoms with Crippen molar-refractivity contribution in [1.82, 2.24) is 10.6 Å². The zero-order valence-corrected chi connectivity index (χ0v) is 55.3. The molecule has 5 aliphatic rings. The van der Waals surface area contributed by atoms with Gasteiger partial charge in [0.25, 0.3) is 0 Å². The van der Waals surface area contributed by atoms with Crippen molar-refractivity contribution in [3.63, 3.8) is 0 Å². The van der Waals surface area contributed by atoms with Crippen molar-refractivity contribution in [3.05, 3.63) is 51.8 Å². The van der Waals surface area contributed by atoms with E-state index in [9.17, 15) is 24.6 Å². The number of benzene rings is 1. The molecule has 4 aliphatic heterocycles. The van der Waals surface area contributed by atoms with Crippen LogP contribution in [-0.2, 0) is 42.8 Å². The minimum Gasteiger partial charge on any atom is -0.492 e. The van der Waals surface area contributed by atoms with Crippen LogP contribution < -0.4 is 30.7 Å². The Morgan fingerprint density at radius 2 is 1.52 bits per heavy atom. The predicted molar refractivity (Wildman–Crippen MR) is 334 cm³/mol. The van der Waals surface area contributed by atoms with E-state index in [0.717, 1.165) is 30.6 Å². The lowest BCUT2D eigenvalue weighted by molar-refractivity contribution is -0.273. The lowest BCUT2D eigenvalue weighted by Gasteiger charge is -2.41. The maximum atomic E-state index is 13.5. The van der Waals surface area contributed by atoms with Crippen molar-refractivity contribution in [1.29, 1.82) is 0 Å². The zero-order chi connectivity index (χ0) is 64.6. The summed E-state index contributed by atoms with van der Waals surface area (Å²) in [4.78, 5) is 42.5. The van der Waals surface area contributed by atoms with Gasteiger partial charge in [0.05, 0.1) is 75.8 Å². The second-order valence-electron chi connectivity index (χ2n) is 19.8. The third kappa shape index (κ3) is 24.6. The molecule has 10 N–H and O–H groups in total. The van der Waals surface area contributed by atoms with Crippen LogP contribution >= 0.6 is 43.2 Å². The molecule has 6 rings (SSSR count). The number of alkyl carbamates (subject to hydrolysis) is 1. The standard InChI is InChI=1S/C24H37NO10S.C20H23NO3S3.C8H17NO3.C6H12O3.CH4O/c1-10-11(2)19(34-24-18(27)21(30-6)17(26)13(4)33-24)22(31-7)20(29-5)16(10)23(28)36-14-8-9-15(35-25)32-12(14)3;1-5-6-7-8-9-10-11-17-16(12-13-26-27-25-4)15(2)14-18(22)19(17)21-20(23)24-3;1-3-9-6-5-12-8(10)4-7(6)11-2;1-4-2-5(7)3-6(8)9-4;1-2/h12-15,17-18,21,24,26-27H,8-9,25H2,1-7H3;7-8,12,15H,11,13-14H2,1-4H3,(H,21,23);6-10H,3-5H2,1-2H3;4-8H,2-3H2,1H3;2H,1H3/b;8-7-,16-12-;;;/t12?,13-,14-,15?,17?,18+,21+,24?;;6?,7-,8?;4-,5?,6?;/m0.00./s1. The van der Waals surface area contributed by atoms with Crippen molar-refractivity contribution >= 4 is 60.2 Å². The molecular weight excluding hydrogens is 1200 g/mol. The number of likely N-dealkylation sites (N-methyl/N-ethyl adjacent to an activating group) is 1. The van der Waals surface area contributed by atoms with Crippen LogP contribution in [0.5, 0.6) is 17.2 Å². The average molecular weight is 1290 g/mol. The lowest BCUT2D eigenvalue weighted by Crippen LogP contribution is -2.59. The molecule has 9 unspecified atom stereocenters. The summed E-state index contributed by atoms with van der Waals surface area (Å²) in [6.07, 6.45) is 2.89. The maximum Gasteiger partial charge on any atom is 0.411 e. The van der Waals surface area contributed by atoms with Crippen LogP contribution in [0.25, 0.3) is 0 Å². The molecule has 4 saturated heterocycles. The number of nitrogens with two attached hydrogens (primary N) is 1. The fourth-order valence-electron chi connectivity index (χ4n) is 9.59. The van der Waals surface area contributed by atoms with Crippen molar-refractivity contribution < 1.29 is 97.2 Å². The summed E-state index contributed by atoms with van der Waals surface area (Å²) in [6.45, 7) is 16.2. The van der Waals surface area contributed by atoms with Crippen molar-refractivity contribution in [3.8, 4) is 40.9 Å². The molecule has 15 atom stereocenters. The molecule has 86 heavy (non-hydrogen) atoms. The Labute approximate surface area is 523 Å². The summed E-state index contributed by atoms with van der Waals surface area (Å²) in [5, 5.41) is 60.6. The Morgan fingerprint density at radius 1 is 0.837 bits per heavy atom. The van der Waals surface area contributed by atoms with Gasteiger partial charge in [-0.25, -0.2) is 10.7 Å². The fraction of sp³-hybridized carbons (Fsp3) is 0.678. The van der Waals surface area contributed by atoms with Gasteiger partial charge in [0, 0.05) is 64.4 Å². The second-order valence-corrected chi connectivity index (χ2v) is 25.4. The fourth-order valence-corrected chi connectivity index (χ4v) is 13.2. The molecule has 0 spiro atoms. The SMILES string of the molecule is CC#C/C=C\C#CCC1=C(NC(=O)OC)C(=O)CC(C)/C1=C/CSSSC.CCNC1COC(O)C[C@@H]1OC.CO.COc1c(OC2O[C@@H](C)C(O)[C@@H](OC)[C@H]2O)c(C)c(C)c(C(=O)S[C@H]2CCC(ON)OC2C)c1OC.C[C@H]1CC(O)CC(O)O1. The van der Waals surface area contributed by atoms with Crippen LogP contribution in [0.3, 0.4) is 0 Å². The van der Waals surface area contributed by atoms with Crippen molar-refractivity contribution in [2.24, 2.45) is 11.8 Å². The number of aliphatic hydroxyl groups is 6. The highest BCUT2D eigenvalue weighted by Crippen LogP contribution is 2.48. The van der Waals surface area contributed by atoms with Gasteiger partial charge in [-0.05, 0) is 117 Å². The summed E-state index contributed by atoms with van der Waals surface area (Å²) >= 11 is 1.17. The van der Waals surface area contributed by atoms with Gasteiger partial charge in [0.15, 0.2) is 36.2 Å². The lowest BCUT2D eigenvalue weighted by atomic mass is 9.80. The molecule has 0 bridgehead atoms. The normalized spacial score (nSPS) is 29.3. The average Bonchev–Trinajstić information content (AvgIpc) is 1.00. The highest BCUT2D eigenvalue weighted by Gasteiger charge is 2.45. The minimum atomic E-state index is -1.28. The van der Waals surface area contributed by atoms with E-state index in [2.05, 4.69) is 45.1 Å². The molecule has 488 valence electrons. The van der Waals surface area contributed by atoms with Crippen LogP contribution in [0.1, 0.15) is 108 Å². The molecule has 4 heterocycles. The van der Waals surface area contributed by atoms with E-state index in [-0.39, 0.29) is 69.8 Å². The largest absolute Gasteiger partial charge is 0.492 e. The topological polar surface area (TPSA) is 324 Å². The molecule has 1 aromatic rings. The van der Waals surface area contributed by atoms with E-state index >= 15 is 0 Å². The molecule has 0 aromatic heterocycles. The molecule has 1 aromatic carbocycles. The number of rotatable bonds is 17. The Morgan fingerprint density at radius 3 is 2.09 bits per heavy atom. The first kappa shape index (κ1) is 78.5. The molecular formula is C59H93N3O20S4. The van der Waals surface area contributed by atoms with E-state index in [1.54, 1.807) is 78.4 Å². The minimum absolute atomic E-state index is 0.0104. The maximum absolute atomic E-state index is 13.5. The van der Waals surface area contributed by atoms with Crippen molar-refractivity contribution in [2.75, 3.05) is 67.8 Å². The van der Waals surface area contributed by atoms with Crippen molar-refractivity contribution in [2.45, 2.75) is 186 Å². The van der Waals surface area contributed by atoms with Gasteiger partial charge >= 0.3 is 6.09 Å². The predicted octanol–water partition coefficient (Wildman–Crippen LogP) is 5.79. The first-order valence-corrected chi connectivity index (χ1v) is 32.9. The van der Waals surface area contributed by atoms with Crippen LogP contribution in [0.15, 0.2) is 35.1 Å². The number of aliphatic hydroxyl groups excluding tert-OH is 6. The number of carbonyl (C=O) groups is 3. The molecule has 1 aliphatic carbocycles. The number of methoxy groups -OCH3 is 5. The summed E-state index contributed by atoms with van der Waals surface area (Å²) in [6, 6.07) is 0.211. The molecule has 23 nitrogen and oxygen atoms in total. The van der Waals surface area contributed by atoms with E-state index in [1.165, 1.54) is 40.2 Å². The number of allylic oxidation sites excluding steroid dienone is 5. The van der Waals surface area contributed by atoms with E-state index < -0.39 is 55.7 Å². The second kappa shape index (κ2) is 42.4. The molecule has 27 heteroatoms. The third-order valence-electron chi connectivity index (χ3n) is 14.0. The number of hydrogen-bond acceptors (Lipinski definition) is 26. The number of carbonyl (C=O) groups excluding carboxylic acids is 3. The molecule has 1 amide bonds. The van der Waals surface area contributed by atoms with Crippen LogP contribution in [0.4, 0.5) is 4.79 Å². The number of Topliss-reactive ketones (excluding diaryl/α,β-unsaturated/α-hetero) is 1. The number of ether oxygens (including phenoxy) is 10. The van der Waals surface area contributed by atoms with Crippen LogP contribution in [-0.4, -0.2) is 201 Å². The number of hydrogen-bond donors (Lipinski definition) is 9. The van der Waals surface area contributed by atoms with E-state index in [0.29, 0.717) is 73.9 Å². The Balaban J connectivity index is 0.000000437. The first-order chi connectivity index (χ1) is 41.1. The number of nitrogens with one attached hydrogen (secondary N) is 2. The van der Waals surface area contributed by atoms with E-state index in [4.69, 9.17) is 73.8 Å². The third-order valence-corrected chi connectivity index (χ3v) is 19.1. The van der Waals surface area contributed by atoms with Gasteiger partial charge in [-0.2, -0.15) is 0 Å². The Hall–Kier alpha value is -3.63.